The number of hydrogen-bond acceptors (Lipinski definition) is 2. The van der Waals surface area contributed by atoms with E-state index in [-0.39, 0.29) is 6.42 Å². The van der Waals surface area contributed by atoms with Crippen molar-refractivity contribution in [1.29, 1.82) is 0 Å². The zero-order chi connectivity index (χ0) is 13.1. The van der Waals surface area contributed by atoms with Gasteiger partial charge in [0.15, 0.2) is 4.77 Å². The molecule has 0 aliphatic carbocycles. The molecule has 0 spiro atoms. The third kappa shape index (κ3) is 2.80. The highest BCUT2D eigenvalue weighted by molar-refractivity contribution is 7.71. The molecule has 0 saturated heterocycles. The Balaban J connectivity index is 2.34. The maximum atomic E-state index is 10.8. The average molecular weight is 283 g/mol. The molecular formula is C12H11ClN2O2S. The van der Waals surface area contributed by atoms with Gasteiger partial charge in [0.25, 0.3) is 0 Å². The maximum absolute atomic E-state index is 10.8. The molecule has 1 aromatic carbocycles. The van der Waals surface area contributed by atoms with Gasteiger partial charge in [-0.2, -0.15) is 0 Å². The lowest BCUT2D eigenvalue weighted by molar-refractivity contribution is -0.136. The van der Waals surface area contributed by atoms with E-state index >= 15 is 0 Å². The number of nitrogens with one attached hydrogen (secondary N) is 1. The summed E-state index contributed by atoms with van der Waals surface area (Å²) in [6.07, 6.45) is 1.55. The van der Waals surface area contributed by atoms with Crippen molar-refractivity contribution in [2.24, 2.45) is 0 Å². The second-order valence-corrected chi connectivity index (χ2v) is 4.63. The monoisotopic (exact) mass is 282 g/mol. The molecule has 0 radical (unpaired) electrons. The van der Waals surface area contributed by atoms with Gasteiger partial charge in [-0.15, -0.1) is 0 Å². The lowest BCUT2D eigenvalue weighted by atomic mass is 10.2. The number of benzene rings is 1. The van der Waals surface area contributed by atoms with Crippen LogP contribution in [0.1, 0.15) is 11.3 Å². The Kier molecular flexibility index (Phi) is 3.84. The third-order valence-corrected chi connectivity index (χ3v) is 3.28. The molecule has 0 saturated carbocycles. The molecule has 1 heterocycles. The predicted molar refractivity (Wildman–Crippen MR) is 71.5 cm³/mol. The van der Waals surface area contributed by atoms with E-state index < -0.39 is 5.97 Å². The van der Waals surface area contributed by atoms with Gasteiger partial charge >= 0.3 is 5.97 Å². The number of carboxylic acid groups (broad SMARTS) is 1. The number of aliphatic carboxylic acids is 1. The minimum absolute atomic E-state index is 0.0718. The number of carbonyl (C=O) groups is 1. The number of hydrogen-bond donors (Lipinski definition) is 2. The predicted octanol–water partition coefficient (Wildman–Crippen LogP) is 2.87. The van der Waals surface area contributed by atoms with Crippen molar-refractivity contribution in [3.05, 3.63) is 51.5 Å². The van der Waals surface area contributed by atoms with E-state index in [1.54, 1.807) is 16.8 Å². The van der Waals surface area contributed by atoms with Crippen molar-refractivity contribution in [3.8, 4) is 0 Å². The molecule has 4 nitrogen and oxygen atoms in total. The quantitative estimate of drug-likeness (QED) is 0.848. The van der Waals surface area contributed by atoms with Crippen LogP contribution in [0.2, 0.25) is 5.02 Å². The van der Waals surface area contributed by atoms with E-state index in [0.717, 1.165) is 5.56 Å². The van der Waals surface area contributed by atoms with Gasteiger partial charge in [-0.3, -0.25) is 4.79 Å². The summed E-state index contributed by atoms with van der Waals surface area (Å²) >= 11 is 11.2. The normalized spacial score (nSPS) is 10.5. The van der Waals surface area contributed by atoms with Gasteiger partial charge < -0.3 is 14.7 Å². The summed E-state index contributed by atoms with van der Waals surface area (Å²) in [5.41, 5.74) is 1.54. The van der Waals surface area contributed by atoms with Crippen LogP contribution in [0.15, 0.2) is 30.5 Å². The molecule has 0 atom stereocenters. The van der Waals surface area contributed by atoms with Crippen LogP contribution in [0.25, 0.3) is 0 Å². The van der Waals surface area contributed by atoms with Gasteiger partial charge in [0.2, 0.25) is 0 Å². The van der Waals surface area contributed by atoms with Gasteiger partial charge in [0.1, 0.15) is 0 Å². The Bertz CT molecular complexity index is 633. The first-order valence-electron chi connectivity index (χ1n) is 5.30. The molecule has 6 heteroatoms. The van der Waals surface area contributed by atoms with Gasteiger partial charge in [0, 0.05) is 16.9 Å². The molecule has 0 fully saturated rings. The Morgan fingerprint density at radius 3 is 2.83 bits per heavy atom. The van der Waals surface area contributed by atoms with E-state index in [0.29, 0.717) is 22.0 Å². The molecule has 2 N–H and O–H groups in total. The van der Waals surface area contributed by atoms with E-state index in [1.165, 1.54) is 0 Å². The fraction of sp³-hybridized carbons (Fsp3) is 0.167. The number of rotatable bonds is 4. The molecule has 94 valence electrons. The van der Waals surface area contributed by atoms with Crippen molar-refractivity contribution in [2.75, 3.05) is 0 Å². The zero-order valence-corrected chi connectivity index (χ0v) is 11.0. The fourth-order valence-corrected chi connectivity index (χ4v) is 2.14. The second-order valence-electron chi connectivity index (χ2n) is 3.83. The highest BCUT2D eigenvalue weighted by atomic mass is 35.5. The average Bonchev–Trinajstić information content (AvgIpc) is 2.64. The van der Waals surface area contributed by atoms with Crippen molar-refractivity contribution in [1.82, 2.24) is 9.55 Å². The van der Waals surface area contributed by atoms with E-state index in [4.69, 9.17) is 28.9 Å². The van der Waals surface area contributed by atoms with Crippen LogP contribution in [0.3, 0.4) is 0 Å². The van der Waals surface area contributed by atoms with Gasteiger partial charge in [-0.05, 0) is 23.8 Å². The minimum Gasteiger partial charge on any atom is -0.481 e. The summed E-state index contributed by atoms with van der Waals surface area (Å²) in [4.78, 5) is 13.6. The summed E-state index contributed by atoms with van der Waals surface area (Å²) in [5, 5.41) is 9.47. The van der Waals surface area contributed by atoms with Crippen LogP contribution < -0.4 is 0 Å². The Morgan fingerprint density at radius 1 is 1.44 bits per heavy atom. The minimum atomic E-state index is -0.892. The first kappa shape index (κ1) is 12.9. The number of halogens is 1. The topological polar surface area (TPSA) is 58.0 Å². The first-order chi connectivity index (χ1) is 8.58. The molecule has 0 unspecified atom stereocenters. The molecule has 2 aromatic rings. The molecule has 0 amide bonds. The van der Waals surface area contributed by atoms with Crippen molar-refractivity contribution < 1.29 is 9.90 Å². The molecule has 2 rings (SSSR count). The Labute approximate surface area is 114 Å². The summed E-state index contributed by atoms with van der Waals surface area (Å²) < 4.78 is 2.23. The molecule has 0 aliphatic rings. The smallest absolute Gasteiger partial charge is 0.309 e. The summed E-state index contributed by atoms with van der Waals surface area (Å²) in [6, 6.07) is 7.42. The highest BCUT2D eigenvalue weighted by Crippen LogP contribution is 2.17. The van der Waals surface area contributed by atoms with Crippen LogP contribution in [0.4, 0.5) is 0 Å². The third-order valence-electron chi connectivity index (χ3n) is 2.57. The van der Waals surface area contributed by atoms with Gasteiger partial charge in [-0.1, -0.05) is 29.8 Å². The second kappa shape index (κ2) is 5.37. The molecule has 0 bridgehead atoms. The summed E-state index contributed by atoms with van der Waals surface area (Å²) in [6.45, 7) is 0.463. The number of nitrogens with zero attached hydrogens (tertiary/aromatic N) is 1. The number of H-pyrrole nitrogens is 1. The van der Waals surface area contributed by atoms with Crippen molar-refractivity contribution >= 4 is 29.8 Å². The van der Waals surface area contributed by atoms with Gasteiger partial charge in [-0.25, -0.2) is 0 Å². The molecule has 1 aromatic heterocycles. The fourth-order valence-electron chi connectivity index (χ4n) is 1.70. The number of aromatic nitrogens is 2. The van der Waals surface area contributed by atoms with E-state index in [1.807, 2.05) is 18.2 Å². The zero-order valence-electron chi connectivity index (χ0n) is 9.39. The molecule has 18 heavy (non-hydrogen) atoms. The van der Waals surface area contributed by atoms with Crippen LogP contribution in [0, 0.1) is 4.77 Å². The molecular weight excluding hydrogens is 272 g/mol. The Morgan fingerprint density at radius 2 is 2.17 bits per heavy atom. The first-order valence-corrected chi connectivity index (χ1v) is 6.09. The van der Waals surface area contributed by atoms with Gasteiger partial charge in [0.05, 0.1) is 13.0 Å². The van der Waals surface area contributed by atoms with Crippen LogP contribution in [-0.4, -0.2) is 20.6 Å². The molecule has 0 aliphatic heterocycles. The summed E-state index contributed by atoms with van der Waals surface area (Å²) in [5.74, 6) is -0.892. The summed E-state index contributed by atoms with van der Waals surface area (Å²) in [7, 11) is 0. The lowest BCUT2D eigenvalue weighted by Crippen LogP contribution is -2.09. The van der Waals surface area contributed by atoms with Crippen LogP contribution >= 0.6 is 23.8 Å². The van der Waals surface area contributed by atoms with E-state index in [9.17, 15) is 4.79 Å². The number of carboxylic acids is 1. The van der Waals surface area contributed by atoms with Crippen LogP contribution in [0.5, 0.6) is 0 Å². The SMILES string of the molecule is O=C(O)Cc1c[nH]c(=S)n1Cc1ccccc1Cl. The number of imidazole rings is 1. The highest BCUT2D eigenvalue weighted by Gasteiger charge is 2.09. The maximum Gasteiger partial charge on any atom is 0.309 e. The van der Waals surface area contributed by atoms with E-state index in [2.05, 4.69) is 4.98 Å². The lowest BCUT2D eigenvalue weighted by Gasteiger charge is -2.08. The van der Waals surface area contributed by atoms with Crippen molar-refractivity contribution in [3.63, 3.8) is 0 Å². The van der Waals surface area contributed by atoms with Crippen molar-refractivity contribution in [2.45, 2.75) is 13.0 Å². The Hall–Kier alpha value is -1.59. The largest absolute Gasteiger partial charge is 0.481 e. The van der Waals surface area contributed by atoms with Crippen LogP contribution in [-0.2, 0) is 17.8 Å². The number of aromatic amines is 1. The standard InChI is InChI=1S/C12H11ClN2O2S/c13-10-4-2-1-3-8(10)7-15-9(5-11(16)17)6-14-12(15)18/h1-4,6H,5,7H2,(H,14,18)(H,16,17).